The van der Waals surface area contributed by atoms with Crippen molar-refractivity contribution < 1.29 is 0 Å². The van der Waals surface area contributed by atoms with Gasteiger partial charge in [0.15, 0.2) is 8.24 Å². The Morgan fingerprint density at radius 3 is 1.69 bits per heavy atom. The van der Waals surface area contributed by atoms with E-state index in [2.05, 4.69) is 65.1 Å². The molecule has 0 fully saturated rings. The average molecular weight is 238 g/mol. The molecule has 1 heterocycles. The molecule has 2 nitrogen and oxygen atoms in total. The fourth-order valence-corrected chi connectivity index (χ4v) is 9.68. The predicted molar refractivity (Wildman–Crippen MR) is 73.4 cm³/mol. The van der Waals surface area contributed by atoms with Gasteiger partial charge < -0.3 is 4.35 Å². The minimum Gasteiger partial charge on any atom is -0.300 e. The lowest BCUT2D eigenvalue weighted by Gasteiger charge is -2.42. The summed E-state index contributed by atoms with van der Waals surface area (Å²) in [6.45, 7) is 16.3. The normalized spacial score (nSPS) is 13.1. The monoisotopic (exact) mass is 238 g/mol. The third-order valence-electron chi connectivity index (χ3n) is 3.89. The molecule has 3 heteroatoms. The second kappa shape index (κ2) is 4.74. The van der Waals surface area contributed by atoms with E-state index in [-0.39, 0.29) is 0 Å². The molecule has 0 saturated heterocycles. The van der Waals surface area contributed by atoms with E-state index in [9.17, 15) is 0 Å². The molecule has 0 saturated carbocycles. The van der Waals surface area contributed by atoms with Crippen LogP contribution in [-0.4, -0.2) is 17.7 Å². The van der Waals surface area contributed by atoms with Crippen molar-refractivity contribution >= 4 is 8.24 Å². The van der Waals surface area contributed by atoms with Crippen LogP contribution in [0.15, 0.2) is 12.3 Å². The van der Waals surface area contributed by atoms with Gasteiger partial charge in [0, 0.05) is 6.20 Å². The van der Waals surface area contributed by atoms with Gasteiger partial charge in [-0.15, -0.1) is 0 Å². The molecule has 1 rings (SSSR count). The number of rotatable bonds is 4. The molecule has 92 valence electrons. The first-order valence-corrected chi connectivity index (χ1v) is 8.54. The largest absolute Gasteiger partial charge is 0.300 e. The summed E-state index contributed by atoms with van der Waals surface area (Å²) in [6.07, 6.45) is 2.20. The molecule has 0 aliphatic rings. The number of aromatic nitrogens is 2. The van der Waals surface area contributed by atoms with E-state index < -0.39 is 8.24 Å². The van der Waals surface area contributed by atoms with Crippen molar-refractivity contribution in [3.63, 3.8) is 0 Å². The molecule has 16 heavy (non-hydrogen) atoms. The van der Waals surface area contributed by atoms with Crippen molar-refractivity contribution in [1.29, 1.82) is 0 Å². The van der Waals surface area contributed by atoms with Crippen LogP contribution in [0.4, 0.5) is 0 Å². The van der Waals surface area contributed by atoms with Gasteiger partial charge in [-0.25, -0.2) is 0 Å². The first kappa shape index (κ1) is 13.5. The van der Waals surface area contributed by atoms with Crippen LogP contribution >= 0.6 is 0 Å². The van der Waals surface area contributed by atoms with E-state index in [0.29, 0.717) is 16.6 Å². The summed E-state index contributed by atoms with van der Waals surface area (Å²) < 4.78 is 2.34. The second-order valence-corrected chi connectivity index (χ2v) is 11.4. The molecular weight excluding hydrogens is 212 g/mol. The molecule has 0 radical (unpaired) electrons. The second-order valence-electron chi connectivity index (χ2n) is 5.75. The number of aryl methyl sites for hydroxylation is 1. The van der Waals surface area contributed by atoms with E-state index in [1.54, 1.807) is 0 Å². The smallest absolute Gasteiger partial charge is 0.192 e. The molecule has 0 atom stereocenters. The maximum atomic E-state index is 4.73. The van der Waals surface area contributed by atoms with Gasteiger partial charge in [0.2, 0.25) is 0 Å². The molecule has 0 aliphatic heterocycles. The van der Waals surface area contributed by atoms with E-state index in [1.165, 1.54) is 0 Å². The first-order valence-electron chi connectivity index (χ1n) is 6.36. The van der Waals surface area contributed by atoms with E-state index in [0.717, 1.165) is 5.69 Å². The van der Waals surface area contributed by atoms with Gasteiger partial charge in [-0.2, -0.15) is 5.10 Å². The Morgan fingerprint density at radius 1 is 1.00 bits per heavy atom. The third kappa shape index (κ3) is 1.97. The van der Waals surface area contributed by atoms with Crippen molar-refractivity contribution in [1.82, 2.24) is 9.45 Å². The summed E-state index contributed by atoms with van der Waals surface area (Å²) in [4.78, 5) is 0. The zero-order valence-corrected chi connectivity index (χ0v) is 12.8. The molecular formula is C13H26N2Si. The van der Waals surface area contributed by atoms with Crippen molar-refractivity contribution in [3.8, 4) is 0 Å². The van der Waals surface area contributed by atoms with E-state index in [1.807, 2.05) is 0 Å². The van der Waals surface area contributed by atoms with Crippen molar-refractivity contribution in [2.45, 2.75) is 65.1 Å². The highest BCUT2D eigenvalue weighted by Crippen LogP contribution is 2.41. The summed E-state index contributed by atoms with van der Waals surface area (Å²) in [6, 6.07) is 2.13. The van der Waals surface area contributed by atoms with Gasteiger partial charge in [-0.1, -0.05) is 41.5 Å². The minimum atomic E-state index is -1.58. The van der Waals surface area contributed by atoms with Gasteiger partial charge in [0.25, 0.3) is 0 Å². The zero-order valence-electron chi connectivity index (χ0n) is 11.8. The zero-order chi connectivity index (χ0) is 12.5. The molecule has 0 aliphatic carbocycles. The lowest BCUT2D eigenvalue weighted by molar-refractivity contribution is 0.721. The molecule has 0 N–H and O–H groups in total. The third-order valence-corrected chi connectivity index (χ3v) is 10.5. The summed E-state index contributed by atoms with van der Waals surface area (Å²) in [5, 5.41) is 4.73. The minimum absolute atomic E-state index is 0.715. The lowest BCUT2D eigenvalue weighted by Crippen LogP contribution is -2.52. The standard InChI is InChI=1S/C13H26N2Si/c1-10(2)16(11(3)4,12(5)6)15-9-8-13(7)14-15/h8-12H,1-7H3. The van der Waals surface area contributed by atoms with Crippen LogP contribution in [0.3, 0.4) is 0 Å². The Balaban J connectivity index is 3.33. The molecule has 0 aromatic carbocycles. The fraction of sp³-hybridized carbons (Fsp3) is 0.769. The van der Waals surface area contributed by atoms with Crippen LogP contribution < -0.4 is 0 Å². The Morgan fingerprint density at radius 2 is 1.44 bits per heavy atom. The Kier molecular flexibility index (Phi) is 4.00. The van der Waals surface area contributed by atoms with Gasteiger partial charge in [0.1, 0.15) is 0 Å². The van der Waals surface area contributed by atoms with Crippen molar-refractivity contribution in [2.75, 3.05) is 0 Å². The number of hydrogen-bond acceptors (Lipinski definition) is 1. The number of hydrogen-bond donors (Lipinski definition) is 0. The highest BCUT2D eigenvalue weighted by molar-refractivity contribution is 6.81. The van der Waals surface area contributed by atoms with Gasteiger partial charge in [-0.05, 0) is 29.6 Å². The van der Waals surface area contributed by atoms with Gasteiger partial charge in [-0.3, -0.25) is 0 Å². The van der Waals surface area contributed by atoms with Crippen molar-refractivity contribution in [2.24, 2.45) is 0 Å². The summed E-state index contributed by atoms with van der Waals surface area (Å²) in [5.41, 5.74) is 3.28. The highest BCUT2D eigenvalue weighted by atomic mass is 28.3. The maximum Gasteiger partial charge on any atom is 0.192 e. The molecule has 0 amide bonds. The number of nitrogens with zero attached hydrogens (tertiary/aromatic N) is 2. The maximum absolute atomic E-state index is 4.73. The van der Waals surface area contributed by atoms with Gasteiger partial charge >= 0.3 is 0 Å². The molecule has 0 bridgehead atoms. The fourth-order valence-electron chi connectivity index (χ4n) is 3.42. The predicted octanol–water partition coefficient (Wildman–Crippen LogP) is 4.22. The average Bonchev–Trinajstić information content (AvgIpc) is 2.50. The Labute approximate surface area is 101 Å². The van der Waals surface area contributed by atoms with Gasteiger partial charge in [0.05, 0.1) is 5.69 Å². The Bertz CT molecular complexity index is 318. The quantitative estimate of drug-likeness (QED) is 0.718. The Hall–Kier alpha value is -0.573. The molecule has 1 aromatic rings. The molecule has 1 aromatic heterocycles. The van der Waals surface area contributed by atoms with Crippen LogP contribution in [0, 0.1) is 6.92 Å². The highest BCUT2D eigenvalue weighted by Gasteiger charge is 2.46. The summed E-state index contributed by atoms with van der Waals surface area (Å²) in [7, 11) is -1.58. The SMILES string of the molecule is Cc1ccn([Si](C(C)C)(C(C)C)C(C)C)n1. The first-order chi connectivity index (χ1) is 7.33. The van der Waals surface area contributed by atoms with Crippen LogP contribution in [0.2, 0.25) is 16.6 Å². The lowest BCUT2D eigenvalue weighted by atomic mass is 10.5. The van der Waals surface area contributed by atoms with Crippen LogP contribution in [0.25, 0.3) is 0 Å². The van der Waals surface area contributed by atoms with Crippen molar-refractivity contribution in [3.05, 3.63) is 18.0 Å². The molecule has 0 spiro atoms. The van der Waals surface area contributed by atoms with Crippen LogP contribution in [0.1, 0.15) is 47.2 Å². The summed E-state index contributed by atoms with van der Waals surface area (Å²) in [5.74, 6) is 0. The van der Waals surface area contributed by atoms with E-state index >= 15 is 0 Å². The summed E-state index contributed by atoms with van der Waals surface area (Å²) >= 11 is 0. The molecule has 0 unspecified atom stereocenters. The topological polar surface area (TPSA) is 17.8 Å². The van der Waals surface area contributed by atoms with Crippen LogP contribution in [-0.2, 0) is 0 Å². The van der Waals surface area contributed by atoms with Crippen LogP contribution in [0.5, 0.6) is 0 Å². The van der Waals surface area contributed by atoms with E-state index in [4.69, 9.17) is 5.10 Å².